The molecule has 0 spiro atoms. The van der Waals surface area contributed by atoms with Gasteiger partial charge in [0.05, 0.1) is 12.6 Å². The molecule has 0 aliphatic heterocycles. The van der Waals surface area contributed by atoms with Gasteiger partial charge in [-0.25, -0.2) is 0 Å². The highest BCUT2D eigenvalue weighted by Crippen LogP contribution is 2.18. The number of aliphatic hydroxyl groups excluding tert-OH is 1. The minimum Gasteiger partial charge on any atom is -0.392 e. The molecule has 1 unspecified atom stereocenters. The predicted octanol–water partition coefficient (Wildman–Crippen LogP) is -0.422. The molecule has 1 amide bonds. The van der Waals surface area contributed by atoms with E-state index in [-0.39, 0.29) is 12.0 Å². The van der Waals surface area contributed by atoms with Crippen LogP contribution in [0.5, 0.6) is 0 Å². The molecule has 1 fully saturated rings. The number of carbonyl (C=O) groups is 1. The number of likely N-dealkylation sites (N-methyl/N-ethyl adjacent to an activating group) is 1. The lowest BCUT2D eigenvalue weighted by atomic mass is 10.3. The van der Waals surface area contributed by atoms with Crippen molar-refractivity contribution >= 4 is 5.91 Å². The monoisotopic (exact) mass is 186 g/mol. The Bertz CT molecular complexity index is 178. The lowest BCUT2D eigenvalue weighted by Crippen LogP contribution is -2.38. The Morgan fingerprint density at radius 3 is 2.77 bits per heavy atom. The average molecular weight is 186 g/mol. The van der Waals surface area contributed by atoms with Gasteiger partial charge in [0.25, 0.3) is 0 Å². The van der Waals surface area contributed by atoms with Crippen LogP contribution >= 0.6 is 0 Å². The maximum atomic E-state index is 11.3. The molecule has 4 heteroatoms. The number of nitrogens with zero attached hydrogens (tertiary/aromatic N) is 1. The van der Waals surface area contributed by atoms with E-state index < -0.39 is 0 Å². The smallest absolute Gasteiger partial charge is 0.234 e. The van der Waals surface area contributed by atoms with E-state index in [0.717, 1.165) is 12.8 Å². The van der Waals surface area contributed by atoms with E-state index in [9.17, 15) is 4.79 Å². The topological polar surface area (TPSA) is 52.6 Å². The van der Waals surface area contributed by atoms with Crippen molar-refractivity contribution in [1.29, 1.82) is 0 Å². The van der Waals surface area contributed by atoms with Gasteiger partial charge in [0, 0.05) is 12.6 Å². The van der Waals surface area contributed by atoms with Crippen molar-refractivity contribution in [2.75, 3.05) is 20.1 Å². The van der Waals surface area contributed by atoms with E-state index in [1.54, 1.807) is 6.92 Å². The molecule has 13 heavy (non-hydrogen) atoms. The average Bonchev–Trinajstić information content (AvgIpc) is 2.67. The third-order valence-electron chi connectivity index (χ3n) is 1.93. The van der Waals surface area contributed by atoms with Crippen molar-refractivity contribution in [1.82, 2.24) is 10.2 Å². The summed E-state index contributed by atoms with van der Waals surface area (Å²) in [6.07, 6.45) is 1.86. The normalized spacial score (nSPS) is 18.8. The fourth-order valence-electron chi connectivity index (χ4n) is 1.26. The van der Waals surface area contributed by atoms with Crippen LogP contribution in [-0.4, -0.2) is 48.2 Å². The number of amides is 1. The van der Waals surface area contributed by atoms with Gasteiger partial charge in [-0.1, -0.05) is 0 Å². The molecular formula is C9H18N2O2. The number of nitrogens with one attached hydrogen (secondary N) is 1. The van der Waals surface area contributed by atoms with Gasteiger partial charge in [-0.15, -0.1) is 0 Å². The van der Waals surface area contributed by atoms with Crippen molar-refractivity contribution in [2.45, 2.75) is 31.9 Å². The van der Waals surface area contributed by atoms with Crippen LogP contribution in [0.15, 0.2) is 0 Å². The van der Waals surface area contributed by atoms with Gasteiger partial charge in [-0.05, 0) is 26.8 Å². The molecule has 0 bridgehead atoms. The zero-order chi connectivity index (χ0) is 9.84. The highest BCUT2D eigenvalue weighted by Gasteiger charge is 2.23. The van der Waals surface area contributed by atoms with Gasteiger partial charge < -0.3 is 10.4 Å². The molecule has 1 atom stereocenters. The molecule has 0 aromatic rings. The molecule has 1 aliphatic rings. The summed E-state index contributed by atoms with van der Waals surface area (Å²) in [5.74, 6) is 0.0608. The Hall–Kier alpha value is -0.610. The fourth-order valence-corrected chi connectivity index (χ4v) is 1.26. The molecule has 0 saturated heterocycles. The molecule has 76 valence electrons. The van der Waals surface area contributed by atoms with Crippen molar-refractivity contribution in [3.63, 3.8) is 0 Å². The van der Waals surface area contributed by atoms with E-state index in [1.807, 2.05) is 11.9 Å². The van der Waals surface area contributed by atoms with Gasteiger partial charge in [-0.2, -0.15) is 0 Å². The second-order valence-electron chi connectivity index (χ2n) is 3.89. The minimum absolute atomic E-state index is 0.0608. The minimum atomic E-state index is -0.376. The second kappa shape index (κ2) is 4.58. The SMILES string of the molecule is CC(O)CN(C)CC(=O)NC1CC1. The molecule has 0 radical (unpaired) electrons. The molecular weight excluding hydrogens is 168 g/mol. The number of aliphatic hydroxyl groups is 1. The van der Waals surface area contributed by atoms with Crippen molar-refractivity contribution < 1.29 is 9.90 Å². The number of rotatable bonds is 5. The van der Waals surface area contributed by atoms with E-state index in [0.29, 0.717) is 19.1 Å². The third-order valence-corrected chi connectivity index (χ3v) is 1.93. The predicted molar refractivity (Wildman–Crippen MR) is 50.3 cm³/mol. The highest BCUT2D eigenvalue weighted by atomic mass is 16.3. The summed E-state index contributed by atoms with van der Waals surface area (Å²) in [4.78, 5) is 13.1. The quantitative estimate of drug-likeness (QED) is 0.613. The standard InChI is InChI=1S/C9H18N2O2/c1-7(12)5-11(2)6-9(13)10-8-3-4-8/h7-8,12H,3-6H2,1-2H3,(H,10,13). The Labute approximate surface area is 78.9 Å². The molecule has 0 aromatic carbocycles. The first-order chi connectivity index (χ1) is 6.08. The third kappa shape index (κ3) is 4.85. The first-order valence-electron chi connectivity index (χ1n) is 4.74. The summed E-state index contributed by atoms with van der Waals surface area (Å²) in [7, 11) is 1.83. The molecule has 0 heterocycles. The summed E-state index contributed by atoms with van der Waals surface area (Å²) < 4.78 is 0. The summed E-state index contributed by atoms with van der Waals surface area (Å²) in [5, 5.41) is 12.0. The van der Waals surface area contributed by atoms with Gasteiger partial charge in [0.15, 0.2) is 0 Å². The van der Waals surface area contributed by atoms with Crippen LogP contribution in [0.1, 0.15) is 19.8 Å². The van der Waals surface area contributed by atoms with E-state index >= 15 is 0 Å². The number of hydrogen-bond acceptors (Lipinski definition) is 3. The molecule has 4 nitrogen and oxygen atoms in total. The number of hydrogen-bond donors (Lipinski definition) is 2. The Morgan fingerprint density at radius 2 is 2.31 bits per heavy atom. The molecule has 1 rings (SSSR count). The van der Waals surface area contributed by atoms with Crippen LogP contribution in [0.3, 0.4) is 0 Å². The first kappa shape index (κ1) is 10.5. The largest absolute Gasteiger partial charge is 0.392 e. The van der Waals surface area contributed by atoms with E-state index in [4.69, 9.17) is 5.11 Å². The first-order valence-corrected chi connectivity index (χ1v) is 4.74. The Balaban J connectivity index is 2.10. The Kier molecular flexibility index (Phi) is 3.69. The summed E-state index contributed by atoms with van der Waals surface area (Å²) in [6.45, 7) is 2.63. The van der Waals surface area contributed by atoms with Gasteiger partial charge in [0.1, 0.15) is 0 Å². The maximum Gasteiger partial charge on any atom is 0.234 e. The van der Waals surface area contributed by atoms with E-state index in [2.05, 4.69) is 5.32 Å². The zero-order valence-corrected chi connectivity index (χ0v) is 8.29. The summed E-state index contributed by atoms with van der Waals surface area (Å²) >= 11 is 0. The molecule has 2 N–H and O–H groups in total. The molecule has 1 aliphatic carbocycles. The van der Waals surface area contributed by atoms with Crippen LogP contribution < -0.4 is 5.32 Å². The van der Waals surface area contributed by atoms with Crippen molar-refractivity contribution in [3.8, 4) is 0 Å². The van der Waals surface area contributed by atoms with Crippen LogP contribution in [0.25, 0.3) is 0 Å². The maximum absolute atomic E-state index is 11.3. The summed E-state index contributed by atoms with van der Waals surface area (Å²) in [5.41, 5.74) is 0. The van der Waals surface area contributed by atoms with Crippen molar-refractivity contribution in [2.24, 2.45) is 0 Å². The number of carbonyl (C=O) groups excluding carboxylic acids is 1. The Morgan fingerprint density at radius 1 is 1.69 bits per heavy atom. The van der Waals surface area contributed by atoms with Crippen LogP contribution in [0.2, 0.25) is 0 Å². The zero-order valence-electron chi connectivity index (χ0n) is 8.29. The van der Waals surface area contributed by atoms with Gasteiger partial charge >= 0.3 is 0 Å². The van der Waals surface area contributed by atoms with Crippen LogP contribution in [0, 0.1) is 0 Å². The highest BCUT2D eigenvalue weighted by molar-refractivity contribution is 5.78. The lowest BCUT2D eigenvalue weighted by Gasteiger charge is -2.17. The van der Waals surface area contributed by atoms with Crippen molar-refractivity contribution in [3.05, 3.63) is 0 Å². The van der Waals surface area contributed by atoms with Crippen LogP contribution in [0.4, 0.5) is 0 Å². The van der Waals surface area contributed by atoms with Gasteiger partial charge in [-0.3, -0.25) is 9.69 Å². The van der Waals surface area contributed by atoms with E-state index in [1.165, 1.54) is 0 Å². The molecule has 1 saturated carbocycles. The van der Waals surface area contributed by atoms with Gasteiger partial charge in [0.2, 0.25) is 5.91 Å². The lowest BCUT2D eigenvalue weighted by molar-refractivity contribution is -0.122. The fraction of sp³-hybridized carbons (Fsp3) is 0.889. The second-order valence-corrected chi connectivity index (χ2v) is 3.89. The van der Waals surface area contributed by atoms with Crippen LogP contribution in [-0.2, 0) is 4.79 Å². The summed E-state index contributed by atoms with van der Waals surface area (Å²) in [6, 6.07) is 0.424. The molecule has 0 aromatic heterocycles.